The number of hydrogen-bond donors (Lipinski definition) is 1. The first-order valence-electron chi connectivity index (χ1n) is 9.28. The van der Waals surface area contributed by atoms with Crippen molar-refractivity contribution in [3.8, 4) is 5.75 Å². The SMILES string of the molecule is O=C(COC(=O)COc1cccc2ccccc12)NC1CCCCCC1. The smallest absolute Gasteiger partial charge is 0.344 e. The zero-order valence-electron chi connectivity index (χ0n) is 14.9. The van der Waals surface area contributed by atoms with Crippen LogP contribution in [0.15, 0.2) is 42.5 Å². The van der Waals surface area contributed by atoms with Crippen molar-refractivity contribution < 1.29 is 19.1 Å². The van der Waals surface area contributed by atoms with Crippen molar-refractivity contribution in [1.82, 2.24) is 5.32 Å². The lowest BCUT2D eigenvalue weighted by molar-refractivity contribution is -0.150. The van der Waals surface area contributed by atoms with Gasteiger partial charge in [0.25, 0.3) is 5.91 Å². The Morgan fingerprint density at radius 3 is 2.46 bits per heavy atom. The Hall–Kier alpha value is -2.56. The molecular formula is C21H25NO4. The zero-order valence-corrected chi connectivity index (χ0v) is 14.9. The van der Waals surface area contributed by atoms with Gasteiger partial charge < -0.3 is 14.8 Å². The quantitative estimate of drug-likeness (QED) is 0.635. The van der Waals surface area contributed by atoms with Gasteiger partial charge in [-0.3, -0.25) is 4.79 Å². The molecule has 5 nitrogen and oxygen atoms in total. The average molecular weight is 355 g/mol. The Kier molecular flexibility index (Phi) is 6.47. The molecule has 0 unspecified atom stereocenters. The van der Waals surface area contributed by atoms with Crippen molar-refractivity contribution >= 4 is 22.6 Å². The molecular weight excluding hydrogens is 330 g/mol. The number of hydrogen-bond acceptors (Lipinski definition) is 4. The second kappa shape index (κ2) is 9.22. The summed E-state index contributed by atoms with van der Waals surface area (Å²) in [5.41, 5.74) is 0. The second-order valence-electron chi connectivity index (χ2n) is 6.68. The highest BCUT2D eigenvalue weighted by Gasteiger charge is 2.16. The van der Waals surface area contributed by atoms with E-state index in [1.54, 1.807) is 0 Å². The van der Waals surface area contributed by atoms with Crippen molar-refractivity contribution in [2.45, 2.75) is 44.6 Å². The largest absolute Gasteiger partial charge is 0.481 e. The summed E-state index contributed by atoms with van der Waals surface area (Å²) >= 11 is 0. The number of nitrogens with one attached hydrogen (secondary N) is 1. The Morgan fingerprint density at radius 2 is 1.65 bits per heavy atom. The van der Waals surface area contributed by atoms with E-state index >= 15 is 0 Å². The first kappa shape index (κ1) is 18.2. The first-order valence-corrected chi connectivity index (χ1v) is 9.28. The molecule has 1 aliphatic carbocycles. The van der Waals surface area contributed by atoms with Crippen LogP contribution in [0.1, 0.15) is 38.5 Å². The molecule has 138 valence electrons. The molecule has 1 fully saturated rings. The molecule has 0 saturated heterocycles. The molecule has 2 aromatic carbocycles. The molecule has 2 aromatic rings. The van der Waals surface area contributed by atoms with Gasteiger partial charge in [0.15, 0.2) is 13.2 Å². The summed E-state index contributed by atoms with van der Waals surface area (Å²) in [7, 11) is 0. The summed E-state index contributed by atoms with van der Waals surface area (Å²) in [6.45, 7) is -0.473. The fourth-order valence-corrected chi connectivity index (χ4v) is 3.34. The normalized spacial score (nSPS) is 15.2. The number of carbonyl (C=O) groups excluding carboxylic acids is 2. The second-order valence-corrected chi connectivity index (χ2v) is 6.68. The average Bonchev–Trinajstić information content (AvgIpc) is 2.93. The molecule has 1 aliphatic rings. The van der Waals surface area contributed by atoms with Gasteiger partial charge >= 0.3 is 5.97 Å². The van der Waals surface area contributed by atoms with E-state index in [0.717, 1.165) is 36.5 Å². The van der Waals surface area contributed by atoms with E-state index in [1.807, 2.05) is 42.5 Å². The minimum absolute atomic E-state index is 0.204. The van der Waals surface area contributed by atoms with E-state index in [9.17, 15) is 9.59 Å². The molecule has 0 aliphatic heterocycles. The van der Waals surface area contributed by atoms with Crippen molar-refractivity contribution in [3.63, 3.8) is 0 Å². The van der Waals surface area contributed by atoms with Crippen molar-refractivity contribution in [3.05, 3.63) is 42.5 Å². The molecule has 0 spiro atoms. The number of ether oxygens (including phenoxy) is 2. The van der Waals surface area contributed by atoms with Gasteiger partial charge in [-0.15, -0.1) is 0 Å². The van der Waals surface area contributed by atoms with Crippen LogP contribution in [0.4, 0.5) is 0 Å². The third-order valence-electron chi connectivity index (χ3n) is 4.68. The van der Waals surface area contributed by atoms with Gasteiger partial charge in [-0.2, -0.15) is 0 Å². The summed E-state index contributed by atoms with van der Waals surface area (Å²) in [5.74, 6) is -0.160. The van der Waals surface area contributed by atoms with Gasteiger partial charge in [-0.05, 0) is 24.3 Å². The number of amides is 1. The third kappa shape index (κ3) is 5.22. The van der Waals surface area contributed by atoms with E-state index in [4.69, 9.17) is 9.47 Å². The van der Waals surface area contributed by atoms with Crippen molar-refractivity contribution in [2.75, 3.05) is 13.2 Å². The summed E-state index contributed by atoms with van der Waals surface area (Å²) < 4.78 is 10.6. The minimum Gasteiger partial charge on any atom is -0.481 e. The van der Waals surface area contributed by atoms with E-state index < -0.39 is 5.97 Å². The number of benzene rings is 2. The van der Waals surface area contributed by atoms with Gasteiger partial charge in [-0.25, -0.2) is 4.79 Å². The van der Waals surface area contributed by atoms with Crippen LogP contribution in [-0.2, 0) is 14.3 Å². The number of rotatable bonds is 6. The van der Waals surface area contributed by atoms with E-state index in [0.29, 0.717) is 5.75 Å². The maximum absolute atomic E-state index is 11.9. The van der Waals surface area contributed by atoms with Crippen molar-refractivity contribution in [2.24, 2.45) is 0 Å². The van der Waals surface area contributed by atoms with E-state index in [2.05, 4.69) is 5.32 Å². The molecule has 0 atom stereocenters. The van der Waals surface area contributed by atoms with Crippen LogP contribution in [0.5, 0.6) is 5.75 Å². The van der Waals surface area contributed by atoms with Crippen LogP contribution < -0.4 is 10.1 Å². The predicted molar refractivity (Wildman–Crippen MR) is 100 cm³/mol. The Morgan fingerprint density at radius 1 is 0.923 bits per heavy atom. The molecule has 26 heavy (non-hydrogen) atoms. The highest BCUT2D eigenvalue weighted by atomic mass is 16.6. The van der Waals surface area contributed by atoms with Crippen LogP contribution in [0.25, 0.3) is 10.8 Å². The lowest BCUT2D eigenvalue weighted by atomic mass is 10.1. The highest BCUT2D eigenvalue weighted by Crippen LogP contribution is 2.25. The minimum atomic E-state index is -0.547. The predicted octanol–water partition coefficient (Wildman–Crippen LogP) is 3.60. The summed E-state index contributed by atoms with van der Waals surface area (Å²) in [6, 6.07) is 13.7. The highest BCUT2D eigenvalue weighted by molar-refractivity contribution is 5.88. The Balaban J connectivity index is 1.43. The number of esters is 1. The van der Waals surface area contributed by atoms with Crippen molar-refractivity contribution in [1.29, 1.82) is 0 Å². The fourth-order valence-electron chi connectivity index (χ4n) is 3.34. The molecule has 3 rings (SSSR count). The van der Waals surface area contributed by atoms with Gasteiger partial charge in [0.2, 0.25) is 0 Å². The summed E-state index contributed by atoms with van der Waals surface area (Å²) in [6.07, 6.45) is 6.75. The van der Waals surface area contributed by atoms with Crippen LogP contribution in [0.2, 0.25) is 0 Å². The monoisotopic (exact) mass is 355 g/mol. The first-order chi connectivity index (χ1) is 12.7. The lowest BCUT2D eigenvalue weighted by Gasteiger charge is -2.16. The van der Waals surface area contributed by atoms with Crippen LogP contribution in [-0.4, -0.2) is 31.1 Å². The summed E-state index contributed by atoms with van der Waals surface area (Å²) in [4.78, 5) is 23.8. The van der Waals surface area contributed by atoms with E-state index in [-0.39, 0.29) is 25.2 Å². The zero-order chi connectivity index (χ0) is 18.2. The molecule has 1 amide bonds. The molecule has 1 saturated carbocycles. The van der Waals surface area contributed by atoms with Gasteiger partial charge in [-0.1, -0.05) is 62.1 Å². The van der Waals surface area contributed by atoms with Gasteiger partial charge in [0.1, 0.15) is 5.75 Å². The summed E-state index contributed by atoms with van der Waals surface area (Å²) in [5, 5.41) is 4.94. The Bertz CT molecular complexity index is 745. The van der Waals surface area contributed by atoms with E-state index in [1.165, 1.54) is 12.8 Å². The third-order valence-corrected chi connectivity index (χ3v) is 4.68. The molecule has 0 bridgehead atoms. The molecule has 0 aromatic heterocycles. The molecule has 5 heteroatoms. The maximum atomic E-state index is 11.9. The Labute approximate surface area is 153 Å². The standard InChI is InChI=1S/C21H25NO4/c23-20(22-17-10-3-1-2-4-11-17)14-26-21(24)15-25-19-13-7-9-16-8-5-6-12-18(16)19/h5-9,12-13,17H,1-4,10-11,14-15H2,(H,22,23). The topological polar surface area (TPSA) is 64.6 Å². The number of fused-ring (bicyclic) bond motifs is 1. The lowest BCUT2D eigenvalue weighted by Crippen LogP contribution is -2.37. The van der Waals surface area contributed by atoms with Crippen LogP contribution >= 0.6 is 0 Å². The molecule has 1 N–H and O–H groups in total. The maximum Gasteiger partial charge on any atom is 0.344 e. The van der Waals surface area contributed by atoms with Crippen LogP contribution in [0.3, 0.4) is 0 Å². The van der Waals surface area contributed by atoms with Gasteiger partial charge in [0, 0.05) is 11.4 Å². The molecule has 0 heterocycles. The molecule has 0 radical (unpaired) electrons. The number of carbonyl (C=O) groups is 2. The van der Waals surface area contributed by atoms with Crippen LogP contribution in [0, 0.1) is 0 Å². The fraction of sp³-hybridized carbons (Fsp3) is 0.429. The van der Waals surface area contributed by atoms with Gasteiger partial charge in [0.05, 0.1) is 0 Å².